The topological polar surface area (TPSA) is 49.3 Å². The van der Waals surface area contributed by atoms with Gasteiger partial charge >= 0.3 is 0 Å². The Morgan fingerprint density at radius 1 is 1.35 bits per heavy atom. The number of hydrogen-bond donors (Lipinski definition) is 2. The predicted octanol–water partition coefficient (Wildman–Crippen LogP) is 2.48. The first-order valence-corrected chi connectivity index (χ1v) is 6.85. The van der Waals surface area contributed by atoms with Gasteiger partial charge in [0, 0.05) is 18.6 Å². The number of rotatable bonds is 6. The number of hydrogen-bond acceptors (Lipinski definition) is 2. The second-order valence-electron chi connectivity index (χ2n) is 6.16. The van der Waals surface area contributed by atoms with Crippen molar-refractivity contribution < 1.29 is 9.90 Å². The first-order valence-electron chi connectivity index (χ1n) is 6.85. The summed E-state index contributed by atoms with van der Waals surface area (Å²) in [5.74, 6) is 0.225. The van der Waals surface area contributed by atoms with Crippen molar-refractivity contribution in [1.29, 1.82) is 0 Å². The van der Waals surface area contributed by atoms with Crippen LogP contribution in [0.2, 0.25) is 0 Å². The molecule has 0 aromatic heterocycles. The molecule has 1 saturated carbocycles. The van der Waals surface area contributed by atoms with Crippen LogP contribution in [0, 0.1) is 10.8 Å². The Hall–Kier alpha value is -0.570. The van der Waals surface area contributed by atoms with Crippen LogP contribution < -0.4 is 5.32 Å². The highest BCUT2D eigenvalue weighted by Crippen LogP contribution is 2.41. The molecule has 0 aromatic carbocycles. The van der Waals surface area contributed by atoms with E-state index in [-0.39, 0.29) is 23.3 Å². The molecule has 0 aliphatic heterocycles. The molecule has 1 aliphatic carbocycles. The first kappa shape index (κ1) is 14.5. The standard InChI is InChI=1S/C14H27NO2/c1-4-14(7-5-6-8-14)12(17)15-11-13(2,3)9-10-16/h16H,4-11H2,1-3H3,(H,15,17). The summed E-state index contributed by atoms with van der Waals surface area (Å²) in [5.41, 5.74) is -0.118. The number of amides is 1. The van der Waals surface area contributed by atoms with E-state index in [1.165, 1.54) is 12.8 Å². The Labute approximate surface area is 105 Å². The lowest BCUT2D eigenvalue weighted by molar-refractivity contribution is -0.131. The summed E-state index contributed by atoms with van der Waals surface area (Å²) >= 11 is 0. The van der Waals surface area contributed by atoms with Gasteiger partial charge in [-0.05, 0) is 31.1 Å². The van der Waals surface area contributed by atoms with Crippen molar-refractivity contribution >= 4 is 5.91 Å². The summed E-state index contributed by atoms with van der Waals surface area (Å²) in [6, 6.07) is 0. The Balaban J connectivity index is 2.48. The zero-order chi connectivity index (χ0) is 12.9. The Bertz CT molecular complexity index is 255. The maximum Gasteiger partial charge on any atom is 0.226 e. The Kier molecular flexibility index (Phi) is 4.99. The van der Waals surface area contributed by atoms with Crippen LogP contribution in [-0.2, 0) is 4.79 Å². The van der Waals surface area contributed by atoms with Crippen molar-refractivity contribution in [2.45, 2.75) is 59.3 Å². The van der Waals surface area contributed by atoms with Crippen LogP contribution in [0.3, 0.4) is 0 Å². The van der Waals surface area contributed by atoms with Gasteiger partial charge in [-0.1, -0.05) is 33.6 Å². The maximum absolute atomic E-state index is 12.3. The van der Waals surface area contributed by atoms with E-state index in [1.54, 1.807) is 0 Å². The molecule has 17 heavy (non-hydrogen) atoms. The van der Waals surface area contributed by atoms with Crippen molar-refractivity contribution in [1.82, 2.24) is 5.32 Å². The molecule has 1 aliphatic rings. The fraction of sp³-hybridized carbons (Fsp3) is 0.929. The molecule has 3 heteroatoms. The van der Waals surface area contributed by atoms with Gasteiger partial charge in [-0.3, -0.25) is 4.79 Å². The van der Waals surface area contributed by atoms with Crippen LogP contribution in [0.4, 0.5) is 0 Å². The van der Waals surface area contributed by atoms with Gasteiger partial charge < -0.3 is 10.4 Å². The molecular formula is C14H27NO2. The zero-order valence-electron chi connectivity index (χ0n) is 11.5. The summed E-state index contributed by atoms with van der Waals surface area (Å²) in [6.07, 6.45) is 6.11. The molecule has 1 fully saturated rings. The zero-order valence-corrected chi connectivity index (χ0v) is 11.5. The molecule has 0 aromatic rings. The molecule has 0 saturated heterocycles. The van der Waals surface area contributed by atoms with Gasteiger partial charge in [0.05, 0.1) is 0 Å². The van der Waals surface area contributed by atoms with Gasteiger partial charge in [0.2, 0.25) is 5.91 Å². The van der Waals surface area contributed by atoms with E-state index < -0.39 is 0 Å². The molecule has 0 heterocycles. The normalized spacial score (nSPS) is 19.3. The number of aliphatic hydroxyl groups is 1. The minimum atomic E-state index is -0.102. The monoisotopic (exact) mass is 241 g/mol. The quantitative estimate of drug-likeness (QED) is 0.750. The highest BCUT2D eigenvalue weighted by atomic mass is 16.3. The summed E-state index contributed by atoms with van der Waals surface area (Å²) < 4.78 is 0. The second kappa shape index (κ2) is 5.85. The molecule has 0 radical (unpaired) electrons. The lowest BCUT2D eigenvalue weighted by Crippen LogP contribution is -2.43. The van der Waals surface area contributed by atoms with Crippen LogP contribution >= 0.6 is 0 Å². The Morgan fingerprint density at radius 2 is 1.94 bits per heavy atom. The van der Waals surface area contributed by atoms with Crippen molar-refractivity contribution in [3.63, 3.8) is 0 Å². The number of carbonyl (C=O) groups is 1. The average molecular weight is 241 g/mol. The van der Waals surface area contributed by atoms with Crippen LogP contribution in [0.25, 0.3) is 0 Å². The molecule has 0 bridgehead atoms. The molecule has 1 rings (SSSR count). The van der Waals surface area contributed by atoms with Crippen LogP contribution in [0.5, 0.6) is 0 Å². The fourth-order valence-corrected chi connectivity index (χ4v) is 2.69. The highest BCUT2D eigenvalue weighted by molar-refractivity contribution is 5.82. The first-order chi connectivity index (χ1) is 7.96. The van der Waals surface area contributed by atoms with Gasteiger partial charge in [-0.25, -0.2) is 0 Å². The van der Waals surface area contributed by atoms with Crippen molar-refractivity contribution in [3.05, 3.63) is 0 Å². The number of carbonyl (C=O) groups excluding carboxylic acids is 1. The van der Waals surface area contributed by atoms with Crippen molar-refractivity contribution in [2.24, 2.45) is 10.8 Å². The Morgan fingerprint density at radius 3 is 2.41 bits per heavy atom. The number of aliphatic hydroxyl groups excluding tert-OH is 1. The second-order valence-corrected chi connectivity index (χ2v) is 6.16. The molecule has 100 valence electrons. The van der Waals surface area contributed by atoms with Gasteiger partial charge in [0.1, 0.15) is 0 Å². The van der Waals surface area contributed by atoms with E-state index in [4.69, 9.17) is 5.11 Å². The van der Waals surface area contributed by atoms with Gasteiger partial charge in [0.25, 0.3) is 0 Å². The lowest BCUT2D eigenvalue weighted by atomic mass is 9.81. The molecule has 0 unspecified atom stereocenters. The summed E-state index contributed by atoms with van der Waals surface area (Å²) in [7, 11) is 0. The lowest BCUT2D eigenvalue weighted by Gasteiger charge is -2.30. The summed E-state index contributed by atoms with van der Waals surface area (Å²) in [6.45, 7) is 7.12. The largest absolute Gasteiger partial charge is 0.396 e. The SMILES string of the molecule is CCC1(C(=O)NCC(C)(C)CCO)CCCC1. The average Bonchev–Trinajstić information content (AvgIpc) is 2.75. The fourth-order valence-electron chi connectivity index (χ4n) is 2.69. The predicted molar refractivity (Wildman–Crippen MR) is 69.7 cm³/mol. The van der Waals surface area contributed by atoms with Gasteiger partial charge in [0.15, 0.2) is 0 Å². The summed E-state index contributed by atoms with van der Waals surface area (Å²) in [4.78, 5) is 12.3. The van der Waals surface area contributed by atoms with E-state index in [2.05, 4.69) is 26.1 Å². The van der Waals surface area contributed by atoms with E-state index in [0.29, 0.717) is 6.54 Å². The van der Waals surface area contributed by atoms with Crippen molar-refractivity contribution in [3.8, 4) is 0 Å². The van der Waals surface area contributed by atoms with Crippen LogP contribution in [-0.4, -0.2) is 24.2 Å². The smallest absolute Gasteiger partial charge is 0.226 e. The molecule has 1 amide bonds. The number of nitrogens with one attached hydrogen (secondary N) is 1. The van der Waals surface area contributed by atoms with Gasteiger partial charge in [-0.2, -0.15) is 0 Å². The molecule has 0 atom stereocenters. The third-order valence-electron chi connectivity index (χ3n) is 4.24. The van der Waals surface area contributed by atoms with E-state index in [1.807, 2.05) is 0 Å². The van der Waals surface area contributed by atoms with Crippen molar-refractivity contribution in [2.75, 3.05) is 13.2 Å². The van der Waals surface area contributed by atoms with Crippen LogP contribution in [0.1, 0.15) is 59.3 Å². The van der Waals surface area contributed by atoms with Crippen LogP contribution in [0.15, 0.2) is 0 Å². The summed E-state index contributed by atoms with van der Waals surface area (Å²) in [5, 5.41) is 12.1. The maximum atomic E-state index is 12.3. The van der Waals surface area contributed by atoms with E-state index in [9.17, 15) is 4.79 Å². The molecule has 0 spiro atoms. The molecule has 3 nitrogen and oxygen atoms in total. The van der Waals surface area contributed by atoms with E-state index in [0.717, 1.165) is 25.7 Å². The van der Waals surface area contributed by atoms with Gasteiger partial charge in [-0.15, -0.1) is 0 Å². The minimum Gasteiger partial charge on any atom is -0.396 e. The molecular weight excluding hydrogens is 214 g/mol. The third kappa shape index (κ3) is 3.70. The van der Waals surface area contributed by atoms with E-state index >= 15 is 0 Å². The minimum absolute atomic E-state index is 0.0159. The highest BCUT2D eigenvalue weighted by Gasteiger charge is 2.39. The third-order valence-corrected chi connectivity index (χ3v) is 4.24. The molecule has 2 N–H and O–H groups in total.